The van der Waals surface area contributed by atoms with Crippen LogP contribution < -0.4 is 10.1 Å². The third-order valence-corrected chi connectivity index (χ3v) is 4.47. The van der Waals surface area contributed by atoms with E-state index < -0.39 is 10.8 Å². The summed E-state index contributed by atoms with van der Waals surface area (Å²) in [5, 5.41) is 2.82. The van der Waals surface area contributed by atoms with E-state index in [4.69, 9.17) is 4.74 Å². The number of benzene rings is 2. The van der Waals surface area contributed by atoms with Crippen LogP contribution in [0.5, 0.6) is 5.75 Å². The molecule has 1 N–H and O–H groups in total. The van der Waals surface area contributed by atoms with Crippen molar-refractivity contribution < 1.29 is 13.7 Å². The SMILES string of the molecule is CCCCCOc1ccc(C(=O)Nc2cccc(S(C)=O)c2)cc1. The summed E-state index contributed by atoms with van der Waals surface area (Å²) in [6.07, 6.45) is 4.96. The molecule has 5 heteroatoms. The minimum atomic E-state index is -1.07. The van der Waals surface area contributed by atoms with Gasteiger partial charge in [-0.1, -0.05) is 25.8 Å². The molecule has 1 amide bonds. The largest absolute Gasteiger partial charge is 0.494 e. The highest BCUT2D eigenvalue weighted by molar-refractivity contribution is 7.84. The Morgan fingerprint density at radius 2 is 1.88 bits per heavy atom. The van der Waals surface area contributed by atoms with Gasteiger partial charge in [0.05, 0.1) is 6.61 Å². The fraction of sp³-hybridized carbons (Fsp3) is 0.316. The lowest BCUT2D eigenvalue weighted by Gasteiger charge is -2.08. The highest BCUT2D eigenvalue weighted by Gasteiger charge is 2.07. The second-order valence-corrected chi connectivity index (χ2v) is 6.90. The fourth-order valence-electron chi connectivity index (χ4n) is 2.20. The molecule has 0 fully saturated rings. The molecule has 2 rings (SSSR count). The Hall–Kier alpha value is -2.14. The standard InChI is InChI=1S/C19H23NO3S/c1-3-4-5-13-23-17-11-9-15(10-12-17)19(21)20-16-7-6-8-18(14-16)24(2)22/h6-12,14H,3-5,13H2,1-2H3,(H,20,21). The number of carbonyl (C=O) groups excluding carboxylic acids is 1. The van der Waals surface area contributed by atoms with Crippen LogP contribution in [0.1, 0.15) is 36.5 Å². The van der Waals surface area contributed by atoms with Crippen molar-refractivity contribution >= 4 is 22.4 Å². The van der Waals surface area contributed by atoms with E-state index in [1.165, 1.54) is 0 Å². The van der Waals surface area contributed by atoms with Crippen LogP contribution in [0.15, 0.2) is 53.4 Å². The van der Waals surface area contributed by atoms with E-state index in [0.29, 0.717) is 22.8 Å². The lowest BCUT2D eigenvalue weighted by molar-refractivity contribution is 0.102. The first-order valence-corrected chi connectivity index (χ1v) is 9.63. The summed E-state index contributed by atoms with van der Waals surface area (Å²) in [6.45, 7) is 2.85. The number of anilines is 1. The summed E-state index contributed by atoms with van der Waals surface area (Å²) < 4.78 is 17.1. The molecule has 0 radical (unpaired) electrons. The van der Waals surface area contributed by atoms with Crippen molar-refractivity contribution in [3.05, 3.63) is 54.1 Å². The van der Waals surface area contributed by atoms with E-state index in [0.717, 1.165) is 25.0 Å². The van der Waals surface area contributed by atoms with Crippen LogP contribution in [0.2, 0.25) is 0 Å². The number of unbranched alkanes of at least 4 members (excludes halogenated alkanes) is 2. The Kier molecular flexibility index (Phi) is 7.00. The topological polar surface area (TPSA) is 55.4 Å². The first kappa shape index (κ1) is 18.2. The number of amides is 1. The average Bonchev–Trinajstić information content (AvgIpc) is 2.59. The molecule has 0 aromatic heterocycles. The lowest BCUT2D eigenvalue weighted by Crippen LogP contribution is -2.12. The maximum atomic E-state index is 12.3. The predicted octanol–water partition coefficient (Wildman–Crippen LogP) is 4.25. The van der Waals surface area contributed by atoms with Gasteiger partial charge in [0.2, 0.25) is 0 Å². The van der Waals surface area contributed by atoms with Crippen LogP contribution in [-0.4, -0.2) is 23.0 Å². The van der Waals surface area contributed by atoms with Crippen LogP contribution in [0.4, 0.5) is 5.69 Å². The predicted molar refractivity (Wildman–Crippen MR) is 98.2 cm³/mol. The Morgan fingerprint density at radius 3 is 2.54 bits per heavy atom. The molecule has 2 aromatic rings. The molecule has 0 saturated carbocycles. The van der Waals surface area contributed by atoms with Crippen molar-refractivity contribution in [1.29, 1.82) is 0 Å². The van der Waals surface area contributed by atoms with Gasteiger partial charge < -0.3 is 10.1 Å². The van der Waals surface area contributed by atoms with Crippen LogP contribution in [0.25, 0.3) is 0 Å². The van der Waals surface area contributed by atoms with E-state index in [2.05, 4.69) is 12.2 Å². The van der Waals surface area contributed by atoms with Gasteiger partial charge in [0.15, 0.2) is 0 Å². The molecule has 0 aliphatic carbocycles. The zero-order valence-corrected chi connectivity index (χ0v) is 14.9. The summed E-state index contributed by atoms with van der Waals surface area (Å²) in [6, 6.07) is 14.1. The molecule has 128 valence electrons. The quantitative estimate of drug-likeness (QED) is 0.728. The number of ether oxygens (including phenoxy) is 1. The molecule has 1 unspecified atom stereocenters. The zero-order chi connectivity index (χ0) is 17.4. The number of rotatable bonds is 8. The van der Waals surface area contributed by atoms with Crippen molar-refractivity contribution in [1.82, 2.24) is 0 Å². The number of hydrogen-bond acceptors (Lipinski definition) is 3. The van der Waals surface area contributed by atoms with Gasteiger partial charge >= 0.3 is 0 Å². The maximum Gasteiger partial charge on any atom is 0.255 e. The Balaban J connectivity index is 1.95. The summed E-state index contributed by atoms with van der Waals surface area (Å²) in [7, 11) is -1.07. The van der Waals surface area contributed by atoms with Gasteiger partial charge in [0, 0.05) is 33.2 Å². The minimum absolute atomic E-state index is 0.202. The monoisotopic (exact) mass is 345 g/mol. The number of hydrogen-bond donors (Lipinski definition) is 1. The molecule has 0 aliphatic heterocycles. The maximum absolute atomic E-state index is 12.3. The summed E-state index contributed by atoms with van der Waals surface area (Å²) >= 11 is 0. The van der Waals surface area contributed by atoms with Crippen molar-refractivity contribution in [2.45, 2.75) is 31.1 Å². The van der Waals surface area contributed by atoms with Gasteiger partial charge in [-0.2, -0.15) is 0 Å². The molecule has 0 spiro atoms. The van der Waals surface area contributed by atoms with Crippen LogP contribution in [-0.2, 0) is 10.8 Å². The first-order valence-electron chi connectivity index (χ1n) is 8.08. The average molecular weight is 345 g/mol. The molecule has 1 atom stereocenters. The van der Waals surface area contributed by atoms with Crippen LogP contribution >= 0.6 is 0 Å². The van der Waals surface area contributed by atoms with Gasteiger partial charge in [-0.15, -0.1) is 0 Å². The molecule has 0 saturated heterocycles. The third-order valence-electron chi connectivity index (χ3n) is 3.56. The molecular formula is C19H23NO3S. The normalized spacial score (nSPS) is 11.8. The Labute approximate surface area is 145 Å². The lowest BCUT2D eigenvalue weighted by atomic mass is 10.2. The molecule has 24 heavy (non-hydrogen) atoms. The molecule has 0 bridgehead atoms. The van der Waals surface area contributed by atoms with E-state index in [1.807, 2.05) is 0 Å². The zero-order valence-electron chi connectivity index (χ0n) is 14.1. The van der Waals surface area contributed by atoms with Gasteiger partial charge in [-0.25, -0.2) is 0 Å². The fourth-order valence-corrected chi connectivity index (χ4v) is 2.76. The van der Waals surface area contributed by atoms with Crippen LogP contribution in [0.3, 0.4) is 0 Å². The summed E-state index contributed by atoms with van der Waals surface area (Å²) in [4.78, 5) is 13.0. The molecule has 0 aliphatic rings. The second-order valence-electron chi connectivity index (χ2n) is 5.52. The third kappa shape index (κ3) is 5.49. The van der Waals surface area contributed by atoms with Crippen LogP contribution in [0, 0.1) is 0 Å². The highest BCUT2D eigenvalue weighted by Crippen LogP contribution is 2.17. The summed E-state index contributed by atoms with van der Waals surface area (Å²) in [5.41, 5.74) is 1.19. The number of carbonyl (C=O) groups is 1. The van der Waals surface area contributed by atoms with Gasteiger partial charge in [-0.3, -0.25) is 9.00 Å². The molecule has 4 nitrogen and oxygen atoms in total. The van der Waals surface area contributed by atoms with Gasteiger partial charge in [0.1, 0.15) is 5.75 Å². The highest BCUT2D eigenvalue weighted by atomic mass is 32.2. The van der Waals surface area contributed by atoms with Gasteiger partial charge in [-0.05, 0) is 48.9 Å². The summed E-state index contributed by atoms with van der Waals surface area (Å²) in [5.74, 6) is 0.567. The number of nitrogens with one attached hydrogen (secondary N) is 1. The molecular weight excluding hydrogens is 322 g/mol. The minimum Gasteiger partial charge on any atom is -0.494 e. The Morgan fingerprint density at radius 1 is 1.12 bits per heavy atom. The van der Waals surface area contributed by atoms with E-state index >= 15 is 0 Å². The van der Waals surface area contributed by atoms with Crippen molar-refractivity contribution in [3.63, 3.8) is 0 Å². The van der Waals surface area contributed by atoms with E-state index in [-0.39, 0.29) is 5.91 Å². The van der Waals surface area contributed by atoms with Crippen molar-refractivity contribution in [2.24, 2.45) is 0 Å². The Bertz CT molecular complexity index is 698. The van der Waals surface area contributed by atoms with Gasteiger partial charge in [0.25, 0.3) is 5.91 Å². The molecule has 0 heterocycles. The smallest absolute Gasteiger partial charge is 0.255 e. The van der Waals surface area contributed by atoms with E-state index in [1.54, 1.807) is 54.8 Å². The molecule has 2 aromatic carbocycles. The van der Waals surface area contributed by atoms with Crippen molar-refractivity contribution in [2.75, 3.05) is 18.2 Å². The van der Waals surface area contributed by atoms with Crippen molar-refractivity contribution in [3.8, 4) is 5.75 Å². The second kappa shape index (κ2) is 9.23. The van der Waals surface area contributed by atoms with E-state index in [9.17, 15) is 9.00 Å². The first-order chi connectivity index (χ1) is 11.6.